The van der Waals surface area contributed by atoms with Gasteiger partial charge >= 0.3 is 5.97 Å². The molecule has 0 saturated heterocycles. The molecular weight excluding hydrogens is 204 g/mol. The van der Waals surface area contributed by atoms with E-state index in [4.69, 9.17) is 5.11 Å². The Hall–Kier alpha value is -2.36. The number of carboxylic acid groups (broad SMARTS) is 1. The van der Waals surface area contributed by atoms with Crippen molar-refractivity contribution in [1.29, 1.82) is 0 Å². The van der Waals surface area contributed by atoms with Crippen LogP contribution in [0.3, 0.4) is 0 Å². The van der Waals surface area contributed by atoms with Crippen LogP contribution < -0.4 is 5.32 Å². The number of rotatable bonds is 2. The minimum atomic E-state index is -1.03. The summed E-state index contributed by atoms with van der Waals surface area (Å²) < 4.78 is 0. The number of carbonyl (C=O) groups is 1. The number of dihydropyridines is 1. The number of aromatic carboxylic acids is 1. The zero-order valence-electron chi connectivity index (χ0n) is 8.47. The quantitative estimate of drug-likeness (QED) is 0.787. The summed E-state index contributed by atoms with van der Waals surface area (Å²) in [5.74, 6) is -1.03. The van der Waals surface area contributed by atoms with Crippen molar-refractivity contribution >= 4 is 11.7 Å². The molecule has 80 valence electrons. The van der Waals surface area contributed by atoms with Crippen LogP contribution in [0.25, 0.3) is 5.70 Å². The van der Waals surface area contributed by atoms with Gasteiger partial charge in [-0.25, -0.2) is 9.78 Å². The third kappa shape index (κ3) is 2.00. The molecule has 1 aromatic rings. The summed E-state index contributed by atoms with van der Waals surface area (Å²) in [4.78, 5) is 14.8. The summed E-state index contributed by atoms with van der Waals surface area (Å²) in [6.45, 7) is 3.76. The van der Waals surface area contributed by atoms with Crippen LogP contribution >= 0.6 is 0 Å². The number of aromatic nitrogens is 1. The van der Waals surface area contributed by atoms with Crippen molar-refractivity contribution in [3.63, 3.8) is 0 Å². The molecule has 0 bridgehead atoms. The van der Waals surface area contributed by atoms with Crippen molar-refractivity contribution in [2.45, 2.75) is 0 Å². The van der Waals surface area contributed by atoms with Gasteiger partial charge in [0, 0.05) is 5.70 Å². The lowest BCUT2D eigenvalue weighted by atomic mass is 10.2. The number of nitrogens with one attached hydrogen (secondary N) is 1. The van der Waals surface area contributed by atoms with Crippen molar-refractivity contribution in [2.24, 2.45) is 0 Å². The molecule has 1 aliphatic rings. The Morgan fingerprint density at radius 2 is 2.25 bits per heavy atom. The first-order valence-corrected chi connectivity index (χ1v) is 4.72. The van der Waals surface area contributed by atoms with Crippen LogP contribution in [-0.4, -0.2) is 16.1 Å². The molecule has 2 heterocycles. The number of pyridine rings is 1. The maximum Gasteiger partial charge on any atom is 0.354 e. The Balaban J connectivity index is 2.37. The first-order chi connectivity index (χ1) is 7.66. The Labute approximate surface area is 92.6 Å². The van der Waals surface area contributed by atoms with E-state index >= 15 is 0 Å². The summed E-state index contributed by atoms with van der Waals surface area (Å²) in [6, 6.07) is 4.87. The van der Waals surface area contributed by atoms with E-state index in [9.17, 15) is 4.79 Å². The van der Waals surface area contributed by atoms with E-state index in [-0.39, 0.29) is 5.69 Å². The lowest BCUT2D eigenvalue weighted by Crippen LogP contribution is -2.14. The third-order valence-electron chi connectivity index (χ3n) is 2.10. The van der Waals surface area contributed by atoms with Gasteiger partial charge in [0.2, 0.25) is 0 Å². The van der Waals surface area contributed by atoms with Gasteiger partial charge in [-0.1, -0.05) is 18.7 Å². The fraction of sp³-hybridized carbons (Fsp3) is 0. The SMILES string of the molecule is C=C1C=CC=C(c2cccc(C(=O)O)n2)N1. The van der Waals surface area contributed by atoms with Crippen LogP contribution in [-0.2, 0) is 0 Å². The number of nitrogens with zero attached hydrogens (tertiary/aromatic N) is 1. The summed E-state index contributed by atoms with van der Waals surface area (Å²) in [5, 5.41) is 11.8. The fourth-order valence-corrected chi connectivity index (χ4v) is 1.37. The minimum Gasteiger partial charge on any atom is -0.477 e. The van der Waals surface area contributed by atoms with Crippen molar-refractivity contribution in [3.8, 4) is 0 Å². The average Bonchev–Trinajstić information content (AvgIpc) is 2.29. The molecule has 0 unspecified atom stereocenters. The van der Waals surface area contributed by atoms with Gasteiger partial charge in [-0.3, -0.25) is 0 Å². The molecule has 1 aliphatic heterocycles. The van der Waals surface area contributed by atoms with Crippen LogP contribution in [0.2, 0.25) is 0 Å². The fourth-order valence-electron chi connectivity index (χ4n) is 1.37. The number of carboxylic acids is 1. The molecule has 0 spiro atoms. The van der Waals surface area contributed by atoms with Gasteiger partial charge in [0.25, 0.3) is 0 Å². The molecule has 1 aromatic heterocycles. The van der Waals surface area contributed by atoms with Crippen LogP contribution in [0.15, 0.2) is 48.7 Å². The summed E-state index contributed by atoms with van der Waals surface area (Å²) in [5.41, 5.74) is 2.11. The maximum atomic E-state index is 10.8. The van der Waals surface area contributed by atoms with Crippen molar-refractivity contribution in [2.75, 3.05) is 0 Å². The monoisotopic (exact) mass is 214 g/mol. The molecule has 0 radical (unpaired) electrons. The van der Waals surface area contributed by atoms with Gasteiger partial charge in [0.05, 0.1) is 11.4 Å². The second kappa shape index (κ2) is 4.02. The van der Waals surface area contributed by atoms with E-state index in [2.05, 4.69) is 16.9 Å². The van der Waals surface area contributed by atoms with Gasteiger partial charge < -0.3 is 10.4 Å². The number of allylic oxidation sites excluding steroid dienone is 3. The molecule has 2 N–H and O–H groups in total. The maximum absolute atomic E-state index is 10.8. The highest BCUT2D eigenvalue weighted by atomic mass is 16.4. The van der Waals surface area contributed by atoms with E-state index in [1.165, 1.54) is 6.07 Å². The Morgan fingerprint density at radius 1 is 1.44 bits per heavy atom. The predicted molar refractivity (Wildman–Crippen MR) is 60.6 cm³/mol. The van der Waals surface area contributed by atoms with E-state index in [0.29, 0.717) is 5.69 Å². The normalized spacial score (nSPS) is 14.2. The van der Waals surface area contributed by atoms with E-state index in [1.54, 1.807) is 12.1 Å². The summed E-state index contributed by atoms with van der Waals surface area (Å²) >= 11 is 0. The largest absolute Gasteiger partial charge is 0.477 e. The molecule has 0 aliphatic carbocycles. The molecule has 0 saturated carbocycles. The highest BCUT2D eigenvalue weighted by Gasteiger charge is 2.09. The zero-order valence-corrected chi connectivity index (χ0v) is 8.47. The molecule has 0 amide bonds. The highest BCUT2D eigenvalue weighted by Crippen LogP contribution is 2.14. The average molecular weight is 214 g/mol. The third-order valence-corrected chi connectivity index (χ3v) is 2.10. The summed E-state index contributed by atoms with van der Waals surface area (Å²) in [7, 11) is 0. The highest BCUT2D eigenvalue weighted by molar-refractivity contribution is 5.85. The lowest BCUT2D eigenvalue weighted by molar-refractivity contribution is 0.0690. The molecule has 4 nitrogen and oxygen atoms in total. The van der Waals surface area contributed by atoms with E-state index in [1.807, 2.05) is 18.2 Å². The van der Waals surface area contributed by atoms with Gasteiger partial charge in [0.15, 0.2) is 0 Å². The smallest absolute Gasteiger partial charge is 0.354 e. The van der Waals surface area contributed by atoms with Gasteiger partial charge in [-0.2, -0.15) is 0 Å². The molecule has 0 aromatic carbocycles. The van der Waals surface area contributed by atoms with Crippen LogP contribution in [0.5, 0.6) is 0 Å². The molecule has 0 fully saturated rings. The van der Waals surface area contributed by atoms with Crippen molar-refractivity contribution in [3.05, 3.63) is 60.1 Å². The summed E-state index contributed by atoms with van der Waals surface area (Å²) in [6.07, 6.45) is 5.48. The van der Waals surface area contributed by atoms with Gasteiger partial charge in [0.1, 0.15) is 5.69 Å². The van der Waals surface area contributed by atoms with E-state index < -0.39 is 5.97 Å². The van der Waals surface area contributed by atoms with Gasteiger partial charge in [-0.05, 0) is 24.3 Å². The second-order valence-electron chi connectivity index (χ2n) is 3.30. The first kappa shape index (κ1) is 10.2. The van der Waals surface area contributed by atoms with Crippen LogP contribution in [0, 0.1) is 0 Å². The van der Waals surface area contributed by atoms with Gasteiger partial charge in [-0.15, -0.1) is 0 Å². The number of hydrogen-bond donors (Lipinski definition) is 2. The molecule has 2 rings (SSSR count). The minimum absolute atomic E-state index is 0.0281. The zero-order chi connectivity index (χ0) is 11.5. The Morgan fingerprint density at radius 3 is 2.94 bits per heavy atom. The lowest BCUT2D eigenvalue weighted by Gasteiger charge is -2.13. The topological polar surface area (TPSA) is 62.2 Å². The molecular formula is C12H10N2O2. The second-order valence-corrected chi connectivity index (χ2v) is 3.30. The molecule has 16 heavy (non-hydrogen) atoms. The predicted octanol–water partition coefficient (Wildman–Crippen LogP) is 1.79. The first-order valence-electron chi connectivity index (χ1n) is 4.72. The number of hydrogen-bond acceptors (Lipinski definition) is 3. The Kier molecular flexibility index (Phi) is 2.55. The molecule has 0 atom stereocenters. The molecule has 4 heteroatoms. The van der Waals surface area contributed by atoms with Crippen LogP contribution in [0.1, 0.15) is 16.2 Å². The van der Waals surface area contributed by atoms with Crippen LogP contribution in [0.4, 0.5) is 0 Å². The Bertz CT molecular complexity index is 516. The van der Waals surface area contributed by atoms with E-state index in [0.717, 1.165) is 11.4 Å². The van der Waals surface area contributed by atoms with Crippen molar-refractivity contribution < 1.29 is 9.90 Å². The standard InChI is InChI=1S/C12H10N2O2/c1-8-4-2-5-9(13-8)10-6-3-7-11(14-10)12(15)16/h2-7,13H,1H2,(H,15,16). The van der Waals surface area contributed by atoms with Crippen molar-refractivity contribution in [1.82, 2.24) is 10.3 Å².